The first-order chi connectivity index (χ1) is 7.29. The van der Waals surface area contributed by atoms with Crippen molar-refractivity contribution in [2.45, 2.75) is 15.8 Å². The van der Waals surface area contributed by atoms with Gasteiger partial charge in [-0.1, -0.05) is 33.8 Å². The topological polar surface area (TPSA) is 33.1 Å². The van der Waals surface area contributed by atoms with Gasteiger partial charge in [0.15, 0.2) is 4.34 Å². The second-order valence-corrected chi connectivity index (χ2v) is 5.91. The molecule has 0 amide bonds. The highest BCUT2D eigenvalue weighted by Crippen LogP contribution is 2.33. The summed E-state index contributed by atoms with van der Waals surface area (Å²) in [5, 5.41) is 11.1. The Morgan fingerprint density at radius 1 is 1.47 bits per heavy atom. The van der Waals surface area contributed by atoms with Crippen molar-refractivity contribution in [3.8, 4) is 0 Å². The Bertz CT molecular complexity index is 445. The zero-order valence-corrected chi connectivity index (χ0v) is 10.9. The molecule has 0 aliphatic heterocycles. The normalized spacial score (nSPS) is 10.5. The average molecular weight is 302 g/mol. The van der Waals surface area contributed by atoms with Crippen LogP contribution in [0, 0.1) is 0 Å². The molecular weight excluding hydrogens is 294 g/mol. The van der Waals surface area contributed by atoms with E-state index in [1.165, 1.54) is 0 Å². The first kappa shape index (κ1) is 11.1. The maximum atomic E-state index is 9.19. The third-order valence-corrected chi connectivity index (χ3v) is 4.28. The molecule has 2 rings (SSSR count). The number of hydrogen-bond donors (Lipinski definition) is 1. The number of nitrogens with zero attached hydrogens (tertiary/aromatic N) is 1. The largest absolute Gasteiger partial charge is 0.392 e. The molecule has 0 radical (unpaired) electrons. The second-order valence-electron chi connectivity index (χ2n) is 2.81. The molecule has 0 aliphatic carbocycles. The molecule has 0 unspecified atom stereocenters. The van der Waals surface area contributed by atoms with E-state index in [-0.39, 0.29) is 6.61 Å². The summed E-state index contributed by atoms with van der Waals surface area (Å²) in [6.45, 7) is 0.0565. The lowest BCUT2D eigenvalue weighted by Gasteiger charge is -2.05. The van der Waals surface area contributed by atoms with Gasteiger partial charge in [0, 0.05) is 20.9 Å². The van der Waals surface area contributed by atoms with Crippen molar-refractivity contribution < 1.29 is 5.11 Å². The summed E-state index contributed by atoms with van der Waals surface area (Å²) in [6.07, 6.45) is 1.78. The van der Waals surface area contributed by atoms with Crippen LogP contribution in [0.15, 0.2) is 43.5 Å². The van der Waals surface area contributed by atoms with Crippen molar-refractivity contribution in [2.24, 2.45) is 0 Å². The molecule has 2 aromatic rings. The van der Waals surface area contributed by atoms with Gasteiger partial charge in [-0.3, -0.25) is 0 Å². The van der Waals surface area contributed by atoms with Gasteiger partial charge in [-0.25, -0.2) is 4.98 Å². The van der Waals surface area contributed by atoms with E-state index in [4.69, 9.17) is 0 Å². The smallest absolute Gasteiger partial charge is 0.154 e. The highest BCUT2D eigenvalue weighted by Gasteiger charge is 2.06. The van der Waals surface area contributed by atoms with E-state index < -0.39 is 0 Å². The van der Waals surface area contributed by atoms with E-state index in [0.29, 0.717) is 0 Å². The van der Waals surface area contributed by atoms with Crippen LogP contribution >= 0.6 is 39.0 Å². The summed E-state index contributed by atoms with van der Waals surface area (Å²) < 4.78 is 2.00. The van der Waals surface area contributed by atoms with Crippen LogP contribution in [-0.4, -0.2) is 10.1 Å². The summed E-state index contributed by atoms with van der Waals surface area (Å²) in [7, 11) is 0. The van der Waals surface area contributed by atoms with E-state index in [9.17, 15) is 5.11 Å². The fourth-order valence-corrected chi connectivity index (χ4v) is 3.36. The highest BCUT2D eigenvalue weighted by atomic mass is 79.9. The van der Waals surface area contributed by atoms with Crippen molar-refractivity contribution >= 4 is 39.0 Å². The molecule has 1 N–H and O–H groups in total. The fraction of sp³-hybridized carbons (Fsp3) is 0.100. The van der Waals surface area contributed by atoms with Gasteiger partial charge < -0.3 is 5.11 Å². The maximum Gasteiger partial charge on any atom is 0.154 e. The van der Waals surface area contributed by atoms with Gasteiger partial charge >= 0.3 is 0 Å². The number of benzene rings is 1. The molecule has 0 spiro atoms. The van der Waals surface area contributed by atoms with Gasteiger partial charge in [0.05, 0.1) is 6.61 Å². The second kappa shape index (κ2) is 5.12. The summed E-state index contributed by atoms with van der Waals surface area (Å²) in [5.74, 6) is 0. The Kier molecular flexibility index (Phi) is 3.80. The van der Waals surface area contributed by atoms with Crippen LogP contribution < -0.4 is 0 Å². The molecule has 1 heterocycles. The monoisotopic (exact) mass is 301 g/mol. The minimum Gasteiger partial charge on any atom is -0.392 e. The standard InChI is InChI=1S/C10H8BrNOS2/c11-8-2-1-7(6-13)9(5-8)15-10-12-3-4-14-10/h1-5,13H,6H2. The maximum absolute atomic E-state index is 9.19. The van der Waals surface area contributed by atoms with Crippen LogP contribution in [0.5, 0.6) is 0 Å². The lowest BCUT2D eigenvalue weighted by atomic mass is 10.2. The van der Waals surface area contributed by atoms with Crippen LogP contribution in [0.1, 0.15) is 5.56 Å². The molecule has 0 aliphatic rings. The van der Waals surface area contributed by atoms with E-state index in [2.05, 4.69) is 20.9 Å². The van der Waals surface area contributed by atoms with Crippen molar-refractivity contribution in [3.05, 3.63) is 39.8 Å². The van der Waals surface area contributed by atoms with Crippen molar-refractivity contribution in [1.82, 2.24) is 4.98 Å². The van der Waals surface area contributed by atoms with Crippen LogP contribution in [-0.2, 0) is 6.61 Å². The fourth-order valence-electron chi connectivity index (χ4n) is 1.11. The van der Waals surface area contributed by atoms with E-state index in [1.807, 2.05) is 23.6 Å². The van der Waals surface area contributed by atoms with E-state index in [1.54, 1.807) is 29.3 Å². The third kappa shape index (κ3) is 2.81. The minimum atomic E-state index is 0.0565. The Hall–Kier alpha value is -0.360. The molecule has 1 aromatic heterocycles. The predicted octanol–water partition coefficient (Wildman–Crippen LogP) is 3.55. The Morgan fingerprint density at radius 2 is 2.33 bits per heavy atom. The Balaban J connectivity index is 2.30. The molecule has 0 atom stereocenters. The van der Waals surface area contributed by atoms with E-state index >= 15 is 0 Å². The first-order valence-electron chi connectivity index (χ1n) is 4.26. The zero-order chi connectivity index (χ0) is 10.7. The van der Waals surface area contributed by atoms with Gasteiger partial charge in [-0.15, -0.1) is 11.3 Å². The third-order valence-electron chi connectivity index (χ3n) is 1.81. The lowest BCUT2D eigenvalue weighted by Crippen LogP contribution is -1.87. The van der Waals surface area contributed by atoms with Gasteiger partial charge in [0.1, 0.15) is 0 Å². The number of halogens is 1. The first-order valence-corrected chi connectivity index (χ1v) is 6.75. The molecule has 78 valence electrons. The van der Waals surface area contributed by atoms with Gasteiger partial charge in [-0.2, -0.15) is 0 Å². The van der Waals surface area contributed by atoms with Crippen LogP contribution in [0.3, 0.4) is 0 Å². The van der Waals surface area contributed by atoms with Crippen LogP contribution in [0.4, 0.5) is 0 Å². The molecule has 1 aromatic carbocycles. The van der Waals surface area contributed by atoms with Gasteiger partial charge in [0.25, 0.3) is 0 Å². The average Bonchev–Trinajstić information content (AvgIpc) is 2.71. The molecule has 5 heteroatoms. The number of hydrogen-bond acceptors (Lipinski definition) is 4. The molecule has 0 saturated carbocycles. The Labute approximate surface area is 104 Å². The summed E-state index contributed by atoms with van der Waals surface area (Å²) in [5.41, 5.74) is 0.929. The van der Waals surface area contributed by atoms with Crippen LogP contribution in [0.2, 0.25) is 0 Å². The van der Waals surface area contributed by atoms with Crippen molar-refractivity contribution in [2.75, 3.05) is 0 Å². The summed E-state index contributed by atoms with van der Waals surface area (Å²) in [4.78, 5) is 5.24. The number of aliphatic hydroxyl groups excluding tert-OH is 1. The SMILES string of the molecule is OCc1ccc(Br)cc1Sc1nccs1. The number of rotatable bonds is 3. The van der Waals surface area contributed by atoms with Gasteiger partial charge in [-0.05, 0) is 17.7 Å². The molecule has 15 heavy (non-hydrogen) atoms. The summed E-state index contributed by atoms with van der Waals surface area (Å²) >= 11 is 6.59. The van der Waals surface area contributed by atoms with Crippen molar-refractivity contribution in [1.29, 1.82) is 0 Å². The predicted molar refractivity (Wildman–Crippen MR) is 66.3 cm³/mol. The molecule has 0 bridgehead atoms. The van der Waals surface area contributed by atoms with Gasteiger partial charge in [0.2, 0.25) is 0 Å². The number of aliphatic hydroxyl groups is 1. The lowest BCUT2D eigenvalue weighted by molar-refractivity contribution is 0.279. The number of thiazole rings is 1. The van der Waals surface area contributed by atoms with Crippen molar-refractivity contribution in [3.63, 3.8) is 0 Å². The van der Waals surface area contributed by atoms with Crippen LogP contribution in [0.25, 0.3) is 0 Å². The quantitative estimate of drug-likeness (QED) is 0.941. The Morgan fingerprint density at radius 3 is 3.00 bits per heavy atom. The number of aromatic nitrogens is 1. The summed E-state index contributed by atoms with van der Waals surface area (Å²) in [6, 6.07) is 5.84. The molecule has 0 fully saturated rings. The minimum absolute atomic E-state index is 0.0565. The molecular formula is C10H8BrNOS2. The molecule has 0 saturated heterocycles. The zero-order valence-electron chi connectivity index (χ0n) is 7.68. The van der Waals surface area contributed by atoms with E-state index in [0.717, 1.165) is 19.3 Å². The molecule has 2 nitrogen and oxygen atoms in total. The highest BCUT2D eigenvalue weighted by molar-refractivity contribution is 9.10.